The Hall–Kier alpha value is -0.810. The van der Waals surface area contributed by atoms with E-state index in [2.05, 4.69) is 20.8 Å². The van der Waals surface area contributed by atoms with Crippen LogP contribution in [0.2, 0.25) is 0 Å². The van der Waals surface area contributed by atoms with Gasteiger partial charge in [0.05, 0.1) is 11.1 Å². The van der Waals surface area contributed by atoms with Crippen LogP contribution < -0.4 is 5.73 Å². The molecule has 2 fully saturated rings. The van der Waals surface area contributed by atoms with Crippen molar-refractivity contribution in [2.24, 2.45) is 17.1 Å². The molecule has 0 bridgehead atoms. The zero-order valence-corrected chi connectivity index (χ0v) is 17.0. The van der Waals surface area contributed by atoms with Crippen LogP contribution in [0.15, 0.2) is 0 Å². The molecule has 1 heterocycles. The number of likely N-dealkylation sites (tertiary alicyclic amines) is 1. The van der Waals surface area contributed by atoms with E-state index in [9.17, 15) is 9.90 Å². The summed E-state index contributed by atoms with van der Waals surface area (Å²) < 4.78 is 5.50. The van der Waals surface area contributed by atoms with Gasteiger partial charge in [-0.25, -0.2) is 4.79 Å². The fourth-order valence-corrected chi connectivity index (χ4v) is 4.41. The summed E-state index contributed by atoms with van der Waals surface area (Å²) in [5, 5.41) is 11.4. The SMILES string of the molecule is CC(C)(C)OC(=O)N1CCCC(N)(C2(O)CCC(C(C)(C)C)CC2)C1. The van der Waals surface area contributed by atoms with Gasteiger partial charge in [0.2, 0.25) is 0 Å². The molecule has 25 heavy (non-hydrogen) atoms. The van der Waals surface area contributed by atoms with E-state index in [1.165, 1.54) is 0 Å². The summed E-state index contributed by atoms with van der Waals surface area (Å²) in [7, 11) is 0. The zero-order chi connectivity index (χ0) is 19.1. The molecule has 2 aliphatic rings. The van der Waals surface area contributed by atoms with Crippen molar-refractivity contribution in [3.05, 3.63) is 0 Å². The first-order valence-corrected chi connectivity index (χ1v) is 9.75. The van der Waals surface area contributed by atoms with E-state index in [0.717, 1.165) is 25.7 Å². The summed E-state index contributed by atoms with van der Waals surface area (Å²) in [5.41, 5.74) is 4.82. The van der Waals surface area contributed by atoms with Crippen LogP contribution >= 0.6 is 0 Å². The Morgan fingerprint density at radius 2 is 1.68 bits per heavy atom. The van der Waals surface area contributed by atoms with Gasteiger partial charge in [-0.1, -0.05) is 20.8 Å². The minimum Gasteiger partial charge on any atom is -0.444 e. The summed E-state index contributed by atoms with van der Waals surface area (Å²) in [6.07, 6.45) is 4.65. The van der Waals surface area contributed by atoms with Crippen molar-refractivity contribution in [1.29, 1.82) is 0 Å². The Bertz CT molecular complexity index is 484. The molecular formula is C20H38N2O3. The lowest BCUT2D eigenvalue weighted by Crippen LogP contribution is -2.69. The third kappa shape index (κ3) is 4.68. The number of carbonyl (C=O) groups excluding carboxylic acids is 1. The fourth-order valence-electron chi connectivity index (χ4n) is 4.41. The predicted molar refractivity (Wildman–Crippen MR) is 100 cm³/mol. The number of nitrogens with two attached hydrogens (primary N) is 1. The molecule has 2 rings (SSSR count). The minimum atomic E-state index is -0.893. The van der Waals surface area contributed by atoms with Gasteiger partial charge in [-0.3, -0.25) is 0 Å². The van der Waals surface area contributed by atoms with Gasteiger partial charge in [0.1, 0.15) is 5.60 Å². The molecular weight excluding hydrogens is 316 g/mol. The molecule has 5 heteroatoms. The van der Waals surface area contributed by atoms with Gasteiger partial charge in [-0.2, -0.15) is 0 Å². The zero-order valence-electron chi connectivity index (χ0n) is 17.0. The molecule has 146 valence electrons. The summed E-state index contributed by atoms with van der Waals surface area (Å²) in [5.74, 6) is 0.613. The van der Waals surface area contributed by atoms with Crippen molar-refractivity contribution in [2.45, 2.75) is 96.8 Å². The molecule has 1 amide bonds. The largest absolute Gasteiger partial charge is 0.444 e. The Balaban J connectivity index is 2.06. The van der Waals surface area contributed by atoms with Crippen molar-refractivity contribution in [2.75, 3.05) is 13.1 Å². The smallest absolute Gasteiger partial charge is 0.410 e. The van der Waals surface area contributed by atoms with Gasteiger partial charge in [0.25, 0.3) is 0 Å². The fraction of sp³-hybridized carbons (Fsp3) is 0.950. The van der Waals surface area contributed by atoms with Crippen molar-refractivity contribution in [3.63, 3.8) is 0 Å². The molecule has 1 aliphatic heterocycles. The van der Waals surface area contributed by atoms with Gasteiger partial charge in [-0.15, -0.1) is 0 Å². The minimum absolute atomic E-state index is 0.262. The molecule has 1 saturated heterocycles. The summed E-state index contributed by atoms with van der Waals surface area (Å²) in [4.78, 5) is 14.1. The average molecular weight is 355 g/mol. The first-order chi connectivity index (χ1) is 11.3. The normalized spacial score (nSPS) is 34.7. The highest BCUT2D eigenvalue weighted by Gasteiger charge is 2.52. The number of carbonyl (C=O) groups is 1. The Morgan fingerprint density at radius 1 is 1.12 bits per heavy atom. The Morgan fingerprint density at radius 3 is 2.16 bits per heavy atom. The topological polar surface area (TPSA) is 75.8 Å². The van der Waals surface area contributed by atoms with Crippen LogP contribution in [0.4, 0.5) is 4.79 Å². The molecule has 0 aromatic heterocycles. The summed E-state index contributed by atoms with van der Waals surface area (Å²) in [6, 6.07) is 0. The summed E-state index contributed by atoms with van der Waals surface area (Å²) in [6.45, 7) is 13.4. The van der Waals surface area contributed by atoms with Crippen molar-refractivity contribution >= 4 is 6.09 Å². The molecule has 0 spiro atoms. The van der Waals surface area contributed by atoms with Crippen LogP contribution in [0.5, 0.6) is 0 Å². The number of hydrogen-bond acceptors (Lipinski definition) is 4. The number of rotatable bonds is 1. The highest BCUT2D eigenvalue weighted by Crippen LogP contribution is 2.46. The van der Waals surface area contributed by atoms with E-state index in [0.29, 0.717) is 31.8 Å². The third-order valence-corrected chi connectivity index (χ3v) is 6.14. The van der Waals surface area contributed by atoms with Crippen LogP contribution in [-0.4, -0.2) is 45.9 Å². The van der Waals surface area contributed by atoms with E-state index in [4.69, 9.17) is 10.5 Å². The predicted octanol–water partition coefficient (Wildman–Crippen LogP) is 3.68. The van der Waals surface area contributed by atoms with E-state index in [1.807, 2.05) is 20.8 Å². The van der Waals surface area contributed by atoms with Gasteiger partial charge in [0.15, 0.2) is 0 Å². The number of ether oxygens (including phenoxy) is 1. The molecule has 1 atom stereocenters. The maximum atomic E-state index is 12.4. The maximum absolute atomic E-state index is 12.4. The molecule has 0 aromatic rings. The number of aliphatic hydroxyl groups is 1. The molecule has 1 saturated carbocycles. The average Bonchev–Trinajstić information content (AvgIpc) is 2.45. The second kappa shape index (κ2) is 6.73. The quantitative estimate of drug-likeness (QED) is 0.753. The van der Waals surface area contributed by atoms with Crippen molar-refractivity contribution < 1.29 is 14.6 Å². The second-order valence-electron chi connectivity index (χ2n) is 10.3. The molecule has 3 N–H and O–H groups in total. The molecule has 5 nitrogen and oxygen atoms in total. The highest BCUT2D eigenvalue weighted by molar-refractivity contribution is 5.68. The van der Waals surface area contributed by atoms with Crippen molar-refractivity contribution in [3.8, 4) is 0 Å². The number of piperidine rings is 1. The Kier molecular flexibility index (Phi) is 5.52. The van der Waals surface area contributed by atoms with E-state index in [-0.39, 0.29) is 11.5 Å². The van der Waals surface area contributed by atoms with Gasteiger partial charge < -0.3 is 20.5 Å². The molecule has 1 unspecified atom stereocenters. The van der Waals surface area contributed by atoms with Crippen LogP contribution in [0, 0.1) is 11.3 Å². The molecule has 0 aromatic carbocycles. The maximum Gasteiger partial charge on any atom is 0.410 e. The lowest BCUT2D eigenvalue weighted by Gasteiger charge is -2.53. The lowest BCUT2D eigenvalue weighted by atomic mass is 9.62. The van der Waals surface area contributed by atoms with E-state index in [1.54, 1.807) is 4.90 Å². The van der Waals surface area contributed by atoms with E-state index >= 15 is 0 Å². The molecule has 1 aliphatic carbocycles. The van der Waals surface area contributed by atoms with Gasteiger partial charge in [-0.05, 0) is 70.6 Å². The number of nitrogens with zero attached hydrogens (tertiary/aromatic N) is 1. The first kappa shape index (κ1) is 20.5. The molecule has 0 radical (unpaired) electrons. The highest BCUT2D eigenvalue weighted by atomic mass is 16.6. The standard InChI is InChI=1S/C20H38N2O3/c1-17(2,3)15-8-11-20(24,12-9-15)19(21)10-7-13-22(14-19)16(23)25-18(4,5)6/h15,24H,7-14,21H2,1-6H3. The van der Waals surface area contributed by atoms with Crippen LogP contribution in [0.1, 0.15) is 80.1 Å². The van der Waals surface area contributed by atoms with E-state index < -0.39 is 16.7 Å². The second-order valence-corrected chi connectivity index (χ2v) is 10.3. The van der Waals surface area contributed by atoms with Crippen molar-refractivity contribution in [1.82, 2.24) is 4.90 Å². The van der Waals surface area contributed by atoms with Crippen LogP contribution in [0.25, 0.3) is 0 Å². The number of hydrogen-bond donors (Lipinski definition) is 2. The Labute approximate surface area is 153 Å². The monoisotopic (exact) mass is 354 g/mol. The van der Waals surface area contributed by atoms with Gasteiger partial charge in [0, 0.05) is 13.1 Å². The first-order valence-electron chi connectivity index (χ1n) is 9.75. The van der Waals surface area contributed by atoms with Gasteiger partial charge >= 0.3 is 6.09 Å². The lowest BCUT2D eigenvalue weighted by molar-refractivity contribution is -0.103. The summed E-state index contributed by atoms with van der Waals surface area (Å²) >= 11 is 0. The third-order valence-electron chi connectivity index (χ3n) is 6.14. The van der Waals surface area contributed by atoms with Crippen LogP contribution in [0.3, 0.4) is 0 Å². The number of amides is 1. The van der Waals surface area contributed by atoms with Crippen LogP contribution in [-0.2, 0) is 4.74 Å².